The third-order valence-corrected chi connectivity index (χ3v) is 4.94. The molecule has 1 N–H and O–H groups in total. The number of hydrogen-bond donors (Lipinski definition) is 1. The van der Waals surface area contributed by atoms with E-state index in [2.05, 4.69) is 20.3 Å². The number of carbonyl (C=O) groups excluding carboxylic acids is 1. The summed E-state index contributed by atoms with van der Waals surface area (Å²) in [5.41, 5.74) is 3.65. The minimum atomic E-state index is -0.339. The van der Waals surface area contributed by atoms with Gasteiger partial charge in [0.1, 0.15) is 16.7 Å². The SMILES string of the molecule is Cc1ccccc1[C@@H](C(=O)NCc1csc(-c2cnccn2)n1)N(C)C. The van der Waals surface area contributed by atoms with Gasteiger partial charge in [-0.1, -0.05) is 24.3 Å². The van der Waals surface area contributed by atoms with Gasteiger partial charge in [-0.25, -0.2) is 4.98 Å². The van der Waals surface area contributed by atoms with Gasteiger partial charge in [0.15, 0.2) is 0 Å². The van der Waals surface area contributed by atoms with Crippen LogP contribution >= 0.6 is 11.3 Å². The number of rotatable bonds is 6. The van der Waals surface area contributed by atoms with Crippen LogP contribution in [0.5, 0.6) is 0 Å². The molecule has 0 radical (unpaired) electrons. The van der Waals surface area contributed by atoms with E-state index in [1.54, 1.807) is 18.6 Å². The molecule has 0 saturated carbocycles. The van der Waals surface area contributed by atoms with Crippen molar-refractivity contribution in [1.29, 1.82) is 0 Å². The molecule has 3 aromatic rings. The highest BCUT2D eigenvalue weighted by atomic mass is 32.1. The predicted molar refractivity (Wildman–Crippen MR) is 103 cm³/mol. The van der Waals surface area contributed by atoms with E-state index in [4.69, 9.17) is 0 Å². The molecule has 1 aromatic carbocycles. The quantitative estimate of drug-likeness (QED) is 0.725. The lowest BCUT2D eigenvalue weighted by atomic mass is 10.00. The maximum atomic E-state index is 12.8. The summed E-state index contributed by atoms with van der Waals surface area (Å²) in [6, 6.07) is 7.61. The van der Waals surface area contributed by atoms with Gasteiger partial charge in [-0.15, -0.1) is 11.3 Å². The molecule has 7 heteroatoms. The van der Waals surface area contributed by atoms with Crippen LogP contribution in [-0.2, 0) is 11.3 Å². The van der Waals surface area contributed by atoms with Crippen LogP contribution in [0, 0.1) is 6.92 Å². The second kappa shape index (κ2) is 8.16. The first-order valence-electron chi connectivity index (χ1n) is 8.26. The number of aromatic nitrogens is 3. The topological polar surface area (TPSA) is 71.0 Å². The third kappa shape index (κ3) is 4.12. The fourth-order valence-electron chi connectivity index (χ4n) is 2.74. The molecule has 6 nitrogen and oxygen atoms in total. The summed E-state index contributed by atoms with van der Waals surface area (Å²) in [6.07, 6.45) is 4.95. The van der Waals surface area contributed by atoms with E-state index in [1.165, 1.54) is 11.3 Å². The van der Waals surface area contributed by atoms with Crippen molar-refractivity contribution in [2.75, 3.05) is 14.1 Å². The second-order valence-corrected chi connectivity index (χ2v) is 7.03. The molecule has 0 bridgehead atoms. The van der Waals surface area contributed by atoms with Crippen LogP contribution < -0.4 is 5.32 Å². The molecule has 0 aliphatic heterocycles. The molecule has 2 heterocycles. The van der Waals surface area contributed by atoms with Gasteiger partial charge in [-0.3, -0.25) is 19.7 Å². The van der Waals surface area contributed by atoms with E-state index < -0.39 is 0 Å². The Morgan fingerprint density at radius 1 is 1.27 bits per heavy atom. The largest absolute Gasteiger partial charge is 0.349 e. The number of amides is 1. The molecule has 3 rings (SSSR count). The molecule has 26 heavy (non-hydrogen) atoms. The Morgan fingerprint density at radius 3 is 2.77 bits per heavy atom. The molecule has 1 amide bonds. The average molecular weight is 367 g/mol. The lowest BCUT2D eigenvalue weighted by Gasteiger charge is -2.25. The Balaban J connectivity index is 1.70. The molecule has 0 spiro atoms. The Morgan fingerprint density at radius 2 is 2.08 bits per heavy atom. The normalized spacial score (nSPS) is 12.2. The number of nitrogens with one attached hydrogen (secondary N) is 1. The van der Waals surface area contributed by atoms with Gasteiger partial charge in [-0.05, 0) is 32.1 Å². The first-order chi connectivity index (χ1) is 12.6. The highest BCUT2D eigenvalue weighted by Gasteiger charge is 2.24. The average Bonchev–Trinajstić information content (AvgIpc) is 3.11. The Labute approximate surface area is 157 Å². The Hall–Kier alpha value is -2.64. The number of nitrogens with zero attached hydrogens (tertiary/aromatic N) is 4. The number of hydrogen-bond acceptors (Lipinski definition) is 6. The van der Waals surface area contributed by atoms with Gasteiger partial charge in [0.05, 0.1) is 18.4 Å². The predicted octanol–water partition coefficient (Wildman–Crippen LogP) is 2.83. The van der Waals surface area contributed by atoms with Gasteiger partial charge < -0.3 is 5.32 Å². The zero-order valence-corrected chi connectivity index (χ0v) is 15.8. The number of benzene rings is 1. The van der Waals surface area contributed by atoms with E-state index in [-0.39, 0.29) is 11.9 Å². The second-order valence-electron chi connectivity index (χ2n) is 6.18. The van der Waals surface area contributed by atoms with E-state index in [0.29, 0.717) is 6.54 Å². The first-order valence-corrected chi connectivity index (χ1v) is 9.14. The van der Waals surface area contributed by atoms with Crippen LogP contribution in [-0.4, -0.2) is 39.9 Å². The van der Waals surface area contributed by atoms with Crippen LogP contribution in [0.2, 0.25) is 0 Å². The maximum absolute atomic E-state index is 12.8. The smallest absolute Gasteiger partial charge is 0.242 e. The molecule has 2 aromatic heterocycles. The van der Waals surface area contributed by atoms with E-state index in [1.807, 2.05) is 55.6 Å². The van der Waals surface area contributed by atoms with Crippen molar-refractivity contribution >= 4 is 17.2 Å². The summed E-state index contributed by atoms with van der Waals surface area (Å²) in [7, 11) is 3.82. The van der Waals surface area contributed by atoms with Gasteiger partial charge in [0.25, 0.3) is 0 Å². The van der Waals surface area contributed by atoms with Crippen LogP contribution in [0.15, 0.2) is 48.2 Å². The zero-order valence-electron chi connectivity index (χ0n) is 15.0. The van der Waals surface area contributed by atoms with Gasteiger partial charge in [-0.2, -0.15) is 0 Å². The van der Waals surface area contributed by atoms with Crippen LogP contribution in [0.1, 0.15) is 22.9 Å². The Kier molecular flexibility index (Phi) is 5.70. The maximum Gasteiger partial charge on any atom is 0.242 e. The number of thiazole rings is 1. The molecule has 0 fully saturated rings. The van der Waals surface area contributed by atoms with Crippen molar-refractivity contribution in [3.05, 3.63) is 65.1 Å². The minimum absolute atomic E-state index is 0.0432. The zero-order chi connectivity index (χ0) is 18.5. The van der Waals surface area contributed by atoms with E-state index in [0.717, 1.165) is 27.5 Å². The van der Waals surface area contributed by atoms with Crippen molar-refractivity contribution < 1.29 is 4.79 Å². The number of likely N-dealkylation sites (N-methyl/N-ethyl adjacent to an activating group) is 1. The number of carbonyl (C=O) groups is 1. The van der Waals surface area contributed by atoms with Crippen molar-refractivity contribution in [3.8, 4) is 10.7 Å². The highest BCUT2D eigenvalue weighted by molar-refractivity contribution is 7.13. The summed E-state index contributed by atoms with van der Waals surface area (Å²) in [5, 5.41) is 5.73. The molecule has 134 valence electrons. The van der Waals surface area contributed by atoms with Crippen molar-refractivity contribution in [1.82, 2.24) is 25.2 Å². The summed E-state index contributed by atoms with van der Waals surface area (Å²) >= 11 is 1.49. The monoisotopic (exact) mass is 367 g/mol. The summed E-state index contributed by atoms with van der Waals surface area (Å²) in [6.45, 7) is 2.40. The van der Waals surface area contributed by atoms with Gasteiger partial charge in [0.2, 0.25) is 5.91 Å². The number of aryl methyl sites for hydroxylation is 1. The van der Waals surface area contributed by atoms with Gasteiger partial charge >= 0.3 is 0 Å². The fourth-order valence-corrected chi connectivity index (χ4v) is 3.52. The molecule has 1 atom stereocenters. The van der Waals surface area contributed by atoms with Crippen molar-refractivity contribution in [3.63, 3.8) is 0 Å². The summed E-state index contributed by atoms with van der Waals surface area (Å²) in [5.74, 6) is -0.0432. The molecular formula is C19H21N5OS. The standard InChI is InChI=1S/C19H21N5OS/c1-13-6-4-5-7-15(13)17(24(2)3)18(25)22-10-14-12-26-19(23-14)16-11-20-8-9-21-16/h4-9,11-12,17H,10H2,1-3H3,(H,22,25)/t17-/m0/s1. The Bertz CT molecular complexity index is 878. The fraction of sp³-hybridized carbons (Fsp3) is 0.263. The molecule has 0 aliphatic rings. The van der Waals surface area contributed by atoms with E-state index in [9.17, 15) is 4.79 Å². The first kappa shape index (κ1) is 18.2. The van der Waals surface area contributed by atoms with Gasteiger partial charge in [0, 0.05) is 17.8 Å². The summed E-state index contributed by atoms with van der Waals surface area (Å²) in [4.78, 5) is 27.6. The van der Waals surface area contributed by atoms with E-state index >= 15 is 0 Å². The van der Waals surface area contributed by atoms with Crippen LogP contribution in [0.3, 0.4) is 0 Å². The molecule has 0 saturated heterocycles. The third-order valence-electron chi connectivity index (χ3n) is 4.03. The van der Waals surface area contributed by atoms with Crippen LogP contribution in [0.4, 0.5) is 0 Å². The lowest BCUT2D eigenvalue weighted by molar-refractivity contribution is -0.126. The van der Waals surface area contributed by atoms with Crippen LogP contribution in [0.25, 0.3) is 10.7 Å². The summed E-state index contributed by atoms with van der Waals surface area (Å²) < 4.78 is 0. The minimum Gasteiger partial charge on any atom is -0.349 e. The molecule has 0 unspecified atom stereocenters. The van der Waals surface area contributed by atoms with Crippen molar-refractivity contribution in [2.24, 2.45) is 0 Å². The lowest BCUT2D eigenvalue weighted by Crippen LogP contribution is -2.37. The van der Waals surface area contributed by atoms with Crippen molar-refractivity contribution in [2.45, 2.75) is 19.5 Å². The molecule has 0 aliphatic carbocycles. The highest BCUT2D eigenvalue weighted by Crippen LogP contribution is 2.23. The molecular weight excluding hydrogens is 346 g/mol.